The fraction of sp³-hybridized carbons (Fsp3) is 0.550. The maximum Gasteiger partial charge on any atom is 0.191 e. The van der Waals surface area contributed by atoms with E-state index in [1.54, 1.807) is 19.7 Å². The van der Waals surface area contributed by atoms with Crippen LogP contribution < -0.4 is 15.4 Å². The molecule has 0 bridgehead atoms. The van der Waals surface area contributed by atoms with E-state index in [4.69, 9.17) is 9.47 Å². The van der Waals surface area contributed by atoms with Crippen LogP contribution in [0, 0.1) is 6.92 Å². The number of hydrogen-bond acceptors (Lipinski definition) is 5. The van der Waals surface area contributed by atoms with Crippen LogP contribution in [0.2, 0.25) is 0 Å². The zero-order chi connectivity index (χ0) is 20.0. The van der Waals surface area contributed by atoms with Crippen LogP contribution in [0.1, 0.15) is 30.9 Å². The molecule has 0 amide bonds. The first kappa shape index (κ1) is 21.7. The van der Waals surface area contributed by atoms with Crippen molar-refractivity contribution < 1.29 is 9.47 Å². The Hall–Kier alpha value is -2.61. The Labute approximate surface area is 167 Å². The van der Waals surface area contributed by atoms with Gasteiger partial charge in [0.25, 0.3) is 0 Å². The molecule has 8 heteroatoms. The summed E-state index contributed by atoms with van der Waals surface area (Å²) >= 11 is 0. The standard InChI is InChI=1S/C20H32N6O2/c1-4-27-11-12-28-19-13-17(2)7-8-18(19)14-23-20(21-3)22-9-5-6-10-26-15-24-25-16-26/h7-8,13,15-16H,4-6,9-12,14H2,1-3H3,(H2,21,22,23). The van der Waals surface area contributed by atoms with Crippen molar-refractivity contribution >= 4 is 5.96 Å². The first-order chi connectivity index (χ1) is 13.7. The Kier molecular flexibility index (Phi) is 9.85. The Balaban J connectivity index is 1.74. The number of aliphatic imine (C=N–C) groups is 1. The molecule has 2 N–H and O–H groups in total. The number of nitrogens with zero attached hydrogens (tertiary/aromatic N) is 4. The van der Waals surface area contributed by atoms with Crippen LogP contribution in [0.3, 0.4) is 0 Å². The number of hydrogen-bond donors (Lipinski definition) is 2. The van der Waals surface area contributed by atoms with Gasteiger partial charge in [-0.1, -0.05) is 12.1 Å². The highest BCUT2D eigenvalue weighted by Crippen LogP contribution is 2.20. The number of aryl methyl sites for hydroxylation is 2. The molecule has 28 heavy (non-hydrogen) atoms. The van der Waals surface area contributed by atoms with Crippen LogP contribution in [0.25, 0.3) is 0 Å². The molecule has 0 aliphatic rings. The van der Waals surface area contributed by atoms with E-state index < -0.39 is 0 Å². The summed E-state index contributed by atoms with van der Waals surface area (Å²) in [5.41, 5.74) is 2.27. The maximum absolute atomic E-state index is 5.90. The maximum atomic E-state index is 5.90. The van der Waals surface area contributed by atoms with Crippen LogP contribution in [-0.2, 0) is 17.8 Å². The molecule has 0 radical (unpaired) electrons. The summed E-state index contributed by atoms with van der Waals surface area (Å²) < 4.78 is 13.2. The lowest BCUT2D eigenvalue weighted by atomic mass is 10.1. The Morgan fingerprint density at radius 1 is 1.14 bits per heavy atom. The summed E-state index contributed by atoms with van der Waals surface area (Å²) in [6.07, 6.45) is 5.57. The smallest absolute Gasteiger partial charge is 0.191 e. The molecule has 2 rings (SSSR count). The number of rotatable bonds is 12. The number of aromatic nitrogens is 3. The Bertz CT molecular complexity index is 703. The second kappa shape index (κ2) is 12.7. The fourth-order valence-corrected chi connectivity index (χ4v) is 2.66. The number of benzene rings is 1. The van der Waals surface area contributed by atoms with Crippen LogP contribution >= 0.6 is 0 Å². The molecular formula is C20H32N6O2. The molecule has 1 heterocycles. The van der Waals surface area contributed by atoms with Gasteiger partial charge in [0.15, 0.2) is 5.96 Å². The predicted octanol–water partition coefficient (Wildman–Crippen LogP) is 2.15. The molecule has 1 aromatic heterocycles. The number of unbranched alkanes of at least 4 members (excludes halogenated alkanes) is 1. The minimum Gasteiger partial charge on any atom is -0.491 e. The van der Waals surface area contributed by atoms with Gasteiger partial charge in [0.05, 0.1) is 6.61 Å². The third-order valence-electron chi connectivity index (χ3n) is 4.18. The quantitative estimate of drug-likeness (QED) is 0.329. The fourth-order valence-electron chi connectivity index (χ4n) is 2.66. The summed E-state index contributed by atoms with van der Waals surface area (Å²) in [5, 5.41) is 14.3. The normalized spacial score (nSPS) is 11.5. The molecular weight excluding hydrogens is 356 g/mol. The van der Waals surface area contributed by atoms with Crippen molar-refractivity contribution in [2.24, 2.45) is 4.99 Å². The molecule has 0 fully saturated rings. The molecule has 0 aliphatic carbocycles. The molecule has 2 aromatic rings. The van der Waals surface area contributed by atoms with Gasteiger partial charge in [-0.05, 0) is 38.3 Å². The van der Waals surface area contributed by atoms with Crippen molar-refractivity contribution in [3.05, 3.63) is 42.0 Å². The van der Waals surface area contributed by atoms with Crippen molar-refractivity contribution in [1.82, 2.24) is 25.4 Å². The van der Waals surface area contributed by atoms with Gasteiger partial charge in [-0.15, -0.1) is 10.2 Å². The zero-order valence-corrected chi connectivity index (χ0v) is 17.1. The van der Waals surface area contributed by atoms with E-state index in [0.717, 1.165) is 43.2 Å². The zero-order valence-electron chi connectivity index (χ0n) is 17.1. The lowest BCUT2D eigenvalue weighted by Crippen LogP contribution is -2.37. The monoisotopic (exact) mass is 388 g/mol. The SMILES string of the molecule is CCOCCOc1cc(C)ccc1CNC(=NC)NCCCCn1cnnc1. The largest absolute Gasteiger partial charge is 0.491 e. The van der Waals surface area contributed by atoms with Crippen LogP contribution in [-0.4, -0.2) is 54.1 Å². The molecule has 0 spiro atoms. The molecule has 8 nitrogen and oxygen atoms in total. The summed E-state index contributed by atoms with van der Waals surface area (Å²) in [7, 11) is 1.78. The second-order valence-corrected chi connectivity index (χ2v) is 6.42. The lowest BCUT2D eigenvalue weighted by molar-refractivity contribution is 0.110. The Morgan fingerprint density at radius 3 is 2.71 bits per heavy atom. The van der Waals surface area contributed by atoms with Gasteiger partial charge in [-0.2, -0.15) is 0 Å². The van der Waals surface area contributed by atoms with E-state index in [2.05, 4.69) is 50.9 Å². The molecule has 0 saturated carbocycles. The van der Waals surface area contributed by atoms with Gasteiger partial charge in [0.2, 0.25) is 0 Å². The van der Waals surface area contributed by atoms with Gasteiger partial charge in [-0.25, -0.2) is 0 Å². The lowest BCUT2D eigenvalue weighted by Gasteiger charge is -2.15. The molecule has 0 atom stereocenters. The minimum absolute atomic E-state index is 0.545. The average Bonchev–Trinajstić information content (AvgIpc) is 3.22. The Morgan fingerprint density at radius 2 is 1.96 bits per heavy atom. The topological polar surface area (TPSA) is 85.6 Å². The van der Waals surface area contributed by atoms with Gasteiger partial charge < -0.3 is 24.7 Å². The highest BCUT2D eigenvalue weighted by Gasteiger charge is 2.06. The molecule has 154 valence electrons. The van der Waals surface area contributed by atoms with Crippen LogP contribution in [0.5, 0.6) is 5.75 Å². The third-order valence-corrected chi connectivity index (χ3v) is 4.18. The van der Waals surface area contributed by atoms with Crippen molar-refractivity contribution in [3.8, 4) is 5.75 Å². The number of ether oxygens (including phenoxy) is 2. The number of guanidine groups is 1. The van der Waals surface area contributed by atoms with Crippen molar-refractivity contribution in [3.63, 3.8) is 0 Å². The van der Waals surface area contributed by atoms with Crippen molar-refractivity contribution in [2.45, 2.75) is 39.8 Å². The number of nitrogens with one attached hydrogen (secondary N) is 2. The summed E-state index contributed by atoms with van der Waals surface area (Å²) in [4.78, 5) is 4.29. The molecule has 0 saturated heterocycles. The average molecular weight is 389 g/mol. The van der Waals surface area contributed by atoms with Gasteiger partial charge in [-0.3, -0.25) is 4.99 Å². The van der Waals surface area contributed by atoms with Gasteiger partial charge in [0.1, 0.15) is 25.0 Å². The first-order valence-electron chi connectivity index (χ1n) is 9.80. The highest BCUT2D eigenvalue weighted by molar-refractivity contribution is 5.79. The van der Waals surface area contributed by atoms with E-state index in [1.165, 1.54) is 5.56 Å². The van der Waals surface area contributed by atoms with Crippen LogP contribution in [0.15, 0.2) is 35.8 Å². The van der Waals surface area contributed by atoms with E-state index in [1.807, 2.05) is 11.5 Å². The van der Waals surface area contributed by atoms with E-state index in [-0.39, 0.29) is 0 Å². The van der Waals surface area contributed by atoms with Crippen molar-refractivity contribution in [2.75, 3.05) is 33.4 Å². The summed E-state index contributed by atoms with van der Waals surface area (Å²) in [6.45, 7) is 8.30. The van der Waals surface area contributed by atoms with Gasteiger partial charge >= 0.3 is 0 Å². The summed E-state index contributed by atoms with van der Waals surface area (Å²) in [6, 6.07) is 6.24. The third kappa shape index (κ3) is 7.96. The summed E-state index contributed by atoms with van der Waals surface area (Å²) in [5.74, 6) is 1.67. The highest BCUT2D eigenvalue weighted by atomic mass is 16.5. The van der Waals surface area contributed by atoms with E-state index >= 15 is 0 Å². The van der Waals surface area contributed by atoms with Crippen molar-refractivity contribution in [1.29, 1.82) is 0 Å². The predicted molar refractivity (Wildman–Crippen MR) is 111 cm³/mol. The molecule has 1 aromatic carbocycles. The van der Waals surface area contributed by atoms with E-state index in [9.17, 15) is 0 Å². The van der Waals surface area contributed by atoms with Gasteiger partial charge in [0, 0.05) is 38.9 Å². The van der Waals surface area contributed by atoms with Crippen LogP contribution in [0.4, 0.5) is 0 Å². The molecule has 0 aliphatic heterocycles. The minimum atomic E-state index is 0.545. The second-order valence-electron chi connectivity index (χ2n) is 6.42. The van der Waals surface area contributed by atoms with E-state index in [0.29, 0.717) is 26.4 Å². The molecule has 0 unspecified atom stereocenters. The first-order valence-corrected chi connectivity index (χ1v) is 9.80.